The average Bonchev–Trinajstić information content (AvgIpc) is 3.22. The predicted molar refractivity (Wildman–Crippen MR) is 128 cm³/mol. The third-order valence-corrected chi connectivity index (χ3v) is 8.51. The molecule has 1 aliphatic heterocycles. The fraction of sp³-hybridized carbons (Fsp3) is 0.731. The molecular formula is C26H38N4O4. The van der Waals surface area contributed by atoms with E-state index in [0.29, 0.717) is 42.2 Å². The molecule has 34 heavy (non-hydrogen) atoms. The Morgan fingerprint density at radius 3 is 2.50 bits per heavy atom. The second-order valence-electron chi connectivity index (χ2n) is 12.1. The zero-order valence-corrected chi connectivity index (χ0v) is 20.8. The number of anilines is 1. The molecule has 5 fully saturated rings. The molecule has 1 saturated heterocycles. The molecule has 0 spiro atoms. The molecule has 0 aromatic carbocycles. The quantitative estimate of drug-likeness (QED) is 0.699. The summed E-state index contributed by atoms with van der Waals surface area (Å²) in [5.74, 6) is 1.85. The van der Waals surface area contributed by atoms with Crippen molar-refractivity contribution >= 4 is 17.8 Å². The Kier molecular flexibility index (Phi) is 5.78. The maximum Gasteiger partial charge on any atom is 0.410 e. The summed E-state index contributed by atoms with van der Waals surface area (Å²) in [4.78, 5) is 33.5. The van der Waals surface area contributed by atoms with Crippen LogP contribution in [-0.2, 0) is 4.74 Å². The molecule has 8 heteroatoms. The highest BCUT2D eigenvalue weighted by Crippen LogP contribution is 2.56. The fourth-order valence-corrected chi connectivity index (χ4v) is 6.68. The van der Waals surface area contributed by atoms with Gasteiger partial charge in [0.2, 0.25) is 0 Å². The summed E-state index contributed by atoms with van der Waals surface area (Å²) in [5, 5.41) is 14.2. The Bertz CT molecular complexity index is 927. The van der Waals surface area contributed by atoms with E-state index < -0.39 is 5.60 Å². The molecule has 186 valence electrons. The first-order chi connectivity index (χ1) is 16.0. The first-order valence-electron chi connectivity index (χ1n) is 12.7. The minimum atomic E-state index is -0.516. The van der Waals surface area contributed by atoms with Crippen molar-refractivity contribution in [2.45, 2.75) is 82.6 Å². The van der Waals surface area contributed by atoms with E-state index in [2.05, 4.69) is 10.3 Å². The molecule has 6 rings (SSSR count). The van der Waals surface area contributed by atoms with E-state index in [1.807, 2.05) is 26.8 Å². The number of likely N-dealkylation sites (tertiary alicyclic amines) is 1. The summed E-state index contributed by atoms with van der Waals surface area (Å²) in [5.41, 5.74) is -0.219. The zero-order chi connectivity index (χ0) is 24.3. The highest BCUT2D eigenvalue weighted by atomic mass is 16.6. The third-order valence-electron chi connectivity index (χ3n) is 8.51. The lowest BCUT2D eigenvalue weighted by Gasteiger charge is -2.57. The normalized spacial score (nSPS) is 34.3. The summed E-state index contributed by atoms with van der Waals surface area (Å²) in [6, 6.07) is 3.71. The molecule has 1 aromatic heterocycles. The molecule has 2 amide bonds. The molecule has 8 nitrogen and oxygen atoms in total. The average molecular weight is 471 g/mol. The van der Waals surface area contributed by atoms with Gasteiger partial charge in [0.1, 0.15) is 11.9 Å². The van der Waals surface area contributed by atoms with E-state index in [9.17, 15) is 14.7 Å². The van der Waals surface area contributed by atoms with Crippen LogP contribution in [-0.4, -0.2) is 75.3 Å². The van der Waals surface area contributed by atoms with E-state index in [1.165, 1.54) is 0 Å². The summed E-state index contributed by atoms with van der Waals surface area (Å²) in [6.45, 7) is 7.21. The molecule has 4 unspecified atom stereocenters. The van der Waals surface area contributed by atoms with Gasteiger partial charge in [-0.25, -0.2) is 9.78 Å². The number of carbonyl (C=O) groups excluding carboxylic acids is 2. The van der Waals surface area contributed by atoms with Crippen LogP contribution < -0.4 is 5.32 Å². The molecule has 4 aliphatic carbocycles. The van der Waals surface area contributed by atoms with E-state index in [-0.39, 0.29) is 29.7 Å². The first kappa shape index (κ1) is 23.4. The number of carbonyl (C=O) groups is 2. The summed E-state index contributed by atoms with van der Waals surface area (Å²) < 4.78 is 6.04. The highest BCUT2D eigenvalue weighted by molar-refractivity contribution is 5.94. The zero-order valence-electron chi connectivity index (χ0n) is 20.8. The molecule has 1 aromatic rings. The third kappa shape index (κ3) is 4.49. The summed E-state index contributed by atoms with van der Waals surface area (Å²) in [7, 11) is 1.80. The van der Waals surface area contributed by atoms with Gasteiger partial charge in [0, 0.05) is 37.9 Å². The van der Waals surface area contributed by atoms with E-state index in [4.69, 9.17) is 4.74 Å². The van der Waals surface area contributed by atoms with Crippen molar-refractivity contribution in [3.63, 3.8) is 0 Å². The van der Waals surface area contributed by atoms with E-state index in [0.717, 1.165) is 38.5 Å². The van der Waals surface area contributed by atoms with Gasteiger partial charge < -0.3 is 25.0 Å². The second-order valence-corrected chi connectivity index (χ2v) is 12.1. The van der Waals surface area contributed by atoms with Crippen molar-refractivity contribution in [3.05, 3.63) is 23.9 Å². The lowest BCUT2D eigenvalue weighted by atomic mass is 9.53. The van der Waals surface area contributed by atoms with Crippen LogP contribution in [0.15, 0.2) is 18.3 Å². The number of rotatable bonds is 4. The minimum absolute atomic E-state index is 0.0469. The van der Waals surface area contributed by atoms with Crippen LogP contribution in [0.25, 0.3) is 0 Å². The number of ether oxygens (including phenoxy) is 1. The number of aliphatic hydroxyl groups is 1. The molecule has 6 atom stereocenters. The van der Waals surface area contributed by atoms with Crippen molar-refractivity contribution in [2.24, 2.45) is 17.8 Å². The Morgan fingerprint density at radius 2 is 1.91 bits per heavy atom. The van der Waals surface area contributed by atoms with Gasteiger partial charge >= 0.3 is 6.09 Å². The first-order valence-corrected chi connectivity index (χ1v) is 12.7. The largest absolute Gasteiger partial charge is 0.446 e. The number of hydrogen-bond donors (Lipinski definition) is 2. The van der Waals surface area contributed by atoms with E-state index >= 15 is 0 Å². The molecule has 2 N–H and O–H groups in total. The molecular weight excluding hydrogens is 432 g/mol. The minimum Gasteiger partial charge on any atom is -0.446 e. The van der Waals surface area contributed by atoms with Gasteiger partial charge in [-0.3, -0.25) is 4.79 Å². The Hall–Kier alpha value is -2.35. The van der Waals surface area contributed by atoms with Gasteiger partial charge in [-0.05, 0) is 89.2 Å². The monoisotopic (exact) mass is 470 g/mol. The molecule has 0 radical (unpaired) electrons. The number of pyridine rings is 1. The van der Waals surface area contributed by atoms with Crippen LogP contribution in [0.4, 0.5) is 10.6 Å². The summed E-state index contributed by atoms with van der Waals surface area (Å²) in [6.07, 6.45) is 6.79. The number of nitrogens with one attached hydrogen (secondary N) is 1. The fourth-order valence-electron chi connectivity index (χ4n) is 6.68. The molecule has 4 saturated carbocycles. The van der Waals surface area contributed by atoms with Gasteiger partial charge in [0.25, 0.3) is 5.91 Å². The van der Waals surface area contributed by atoms with Crippen LogP contribution in [0.5, 0.6) is 0 Å². The van der Waals surface area contributed by atoms with Crippen molar-refractivity contribution in [2.75, 3.05) is 25.5 Å². The Labute approximate surface area is 202 Å². The van der Waals surface area contributed by atoms with Crippen molar-refractivity contribution in [3.8, 4) is 0 Å². The number of aromatic nitrogens is 1. The van der Waals surface area contributed by atoms with E-state index in [1.54, 1.807) is 29.1 Å². The smallest absolute Gasteiger partial charge is 0.410 e. The Morgan fingerprint density at radius 1 is 1.21 bits per heavy atom. The van der Waals surface area contributed by atoms with Gasteiger partial charge in [0.15, 0.2) is 0 Å². The molecule has 5 aliphatic rings. The Balaban J connectivity index is 1.13. The maximum atomic E-state index is 12.9. The van der Waals surface area contributed by atoms with Crippen molar-refractivity contribution in [1.82, 2.24) is 14.8 Å². The maximum absolute atomic E-state index is 12.9. The number of hydrogen-bond acceptors (Lipinski definition) is 6. The van der Waals surface area contributed by atoms with Crippen LogP contribution in [0.1, 0.15) is 69.7 Å². The number of amides is 2. The molecule has 4 bridgehead atoms. The van der Waals surface area contributed by atoms with Gasteiger partial charge in [0.05, 0.1) is 11.2 Å². The van der Waals surface area contributed by atoms with Crippen molar-refractivity contribution in [1.29, 1.82) is 0 Å². The van der Waals surface area contributed by atoms with Crippen LogP contribution in [0.3, 0.4) is 0 Å². The van der Waals surface area contributed by atoms with Crippen LogP contribution >= 0.6 is 0 Å². The van der Waals surface area contributed by atoms with Crippen LogP contribution in [0, 0.1) is 17.8 Å². The molecule has 2 heterocycles. The van der Waals surface area contributed by atoms with Gasteiger partial charge in [-0.1, -0.05) is 0 Å². The van der Waals surface area contributed by atoms with Crippen LogP contribution in [0.2, 0.25) is 0 Å². The number of nitrogens with zero attached hydrogens (tertiary/aromatic N) is 3. The summed E-state index contributed by atoms with van der Waals surface area (Å²) >= 11 is 0. The predicted octanol–water partition coefficient (Wildman–Crippen LogP) is 3.51. The van der Waals surface area contributed by atoms with Gasteiger partial charge in [-0.15, -0.1) is 0 Å². The highest BCUT2D eigenvalue weighted by Gasteiger charge is 2.56. The SMILES string of the molecule is CN(C(=O)c1ccc(NC2CCN(C(=O)OC3[C@@H]4CC5C[C@H]3CC(O)(C5)C4)C2)nc1)C(C)(C)C. The second kappa shape index (κ2) is 8.40. The standard InChI is InChI=1S/C26H38N4O4/c1-25(2,3)29(4)23(31)17-5-6-21(27-14-17)28-20-7-8-30(15-20)24(32)34-22-18-9-16-10-19(22)13-26(33,11-16)12-18/h5-6,14,16,18-20,22,33H,7-13,15H2,1-4H3,(H,27,28)/t16?,18-,19+,20?,22?,26?. The lowest BCUT2D eigenvalue weighted by Crippen LogP contribution is -2.58. The topological polar surface area (TPSA) is 95.0 Å². The van der Waals surface area contributed by atoms with Gasteiger partial charge in [-0.2, -0.15) is 0 Å². The van der Waals surface area contributed by atoms with Crippen molar-refractivity contribution < 1.29 is 19.4 Å². The lowest BCUT2D eigenvalue weighted by molar-refractivity contribution is -0.177.